The first-order valence-corrected chi connectivity index (χ1v) is 16.2. The van der Waals surface area contributed by atoms with Gasteiger partial charge >= 0.3 is 0 Å². The molecule has 0 spiro atoms. The standard InChI is InChI=1S/C17H16N2O8S2.C10H9NO3S/c1-3-5-9(4-2)17(21)19-12-8-11(28(22,23)24)6-10-7-13(29(25,26)27)15(18)16(20)14(10)12;11-9-6-5-7-3-1-2-4-8(7)10(9)15(12,13)14/h3-8,20H,1-2,18H2,(H,19,21)(H,22,23,24)(H,25,26,27);1-6H,11H2,(H,12,13,14)/b9-5+;. The minimum Gasteiger partial charge on any atom is -0.505 e. The van der Waals surface area contributed by atoms with Crippen LogP contribution in [0, 0.1) is 0 Å². The van der Waals surface area contributed by atoms with Gasteiger partial charge in [0.05, 0.1) is 22.0 Å². The second kappa shape index (κ2) is 12.4. The molecule has 17 heteroatoms. The second-order valence-electron chi connectivity index (χ2n) is 8.85. The number of hydrogen-bond acceptors (Lipinski definition) is 10. The summed E-state index contributed by atoms with van der Waals surface area (Å²) >= 11 is 0. The average Bonchev–Trinajstić information content (AvgIpc) is 2.91. The first kappa shape index (κ1) is 33.7. The molecule has 14 nitrogen and oxygen atoms in total. The van der Waals surface area contributed by atoms with Crippen molar-refractivity contribution in [3.05, 3.63) is 91.6 Å². The maximum atomic E-state index is 12.4. The number of carbonyl (C=O) groups excluding carboxylic acids is 1. The molecule has 0 aliphatic rings. The van der Waals surface area contributed by atoms with E-state index in [0.717, 1.165) is 23.6 Å². The number of anilines is 3. The summed E-state index contributed by atoms with van der Waals surface area (Å²) < 4.78 is 96.2. The van der Waals surface area contributed by atoms with Crippen molar-refractivity contribution in [3.63, 3.8) is 0 Å². The molecule has 4 rings (SSSR count). The molecule has 0 bridgehead atoms. The fraction of sp³-hybridized carbons (Fsp3) is 0. The van der Waals surface area contributed by atoms with Gasteiger partial charge in [0.25, 0.3) is 36.3 Å². The Kier molecular flexibility index (Phi) is 9.54. The van der Waals surface area contributed by atoms with Gasteiger partial charge in [0.2, 0.25) is 0 Å². The third kappa shape index (κ3) is 7.22. The Hall–Kier alpha value is -4.78. The number of fused-ring (bicyclic) bond motifs is 2. The van der Waals surface area contributed by atoms with Crippen LogP contribution in [-0.4, -0.2) is 49.9 Å². The van der Waals surface area contributed by atoms with Gasteiger partial charge in [-0.2, -0.15) is 25.3 Å². The third-order valence-corrected chi connectivity index (χ3v) is 8.65. The molecule has 0 saturated carbocycles. The molecule has 0 unspecified atom stereocenters. The second-order valence-corrected chi connectivity index (χ2v) is 13.0. The normalized spacial score (nSPS) is 12.3. The van der Waals surface area contributed by atoms with E-state index < -0.39 is 57.5 Å². The molecule has 9 N–H and O–H groups in total. The van der Waals surface area contributed by atoms with E-state index in [1.807, 2.05) is 0 Å². The molecule has 0 saturated heterocycles. The molecule has 0 heterocycles. The number of nitrogens with one attached hydrogen (secondary N) is 1. The highest BCUT2D eigenvalue weighted by molar-refractivity contribution is 7.86. The summed E-state index contributed by atoms with van der Waals surface area (Å²) in [6.45, 7) is 6.89. The SMILES string of the molecule is C=C/C=C(\C=C)C(=O)Nc1cc(S(=O)(=O)O)cc2cc(S(=O)(=O)O)c(N)c(O)c12.Nc1ccc2ccccc2c1S(=O)(=O)O. The highest BCUT2D eigenvalue weighted by Crippen LogP contribution is 2.41. The zero-order valence-electron chi connectivity index (χ0n) is 22.4. The van der Waals surface area contributed by atoms with Gasteiger partial charge in [0.15, 0.2) is 0 Å². The van der Waals surface area contributed by atoms with E-state index in [2.05, 4.69) is 18.5 Å². The van der Waals surface area contributed by atoms with Crippen LogP contribution in [-0.2, 0) is 35.1 Å². The number of hydrogen-bond donors (Lipinski definition) is 7. The molecule has 232 valence electrons. The summed E-state index contributed by atoms with van der Waals surface area (Å²) in [4.78, 5) is 10.6. The summed E-state index contributed by atoms with van der Waals surface area (Å²) in [5.41, 5.74) is 10.2. The molecule has 0 radical (unpaired) electrons. The summed E-state index contributed by atoms with van der Waals surface area (Å²) in [5.74, 6) is -1.61. The summed E-state index contributed by atoms with van der Waals surface area (Å²) in [7, 11) is -13.9. The third-order valence-electron chi connectivity index (χ3n) is 5.96. The molecular weight excluding hydrogens is 639 g/mol. The lowest BCUT2D eigenvalue weighted by atomic mass is 10.1. The van der Waals surface area contributed by atoms with Crippen molar-refractivity contribution < 1.29 is 48.8 Å². The van der Waals surface area contributed by atoms with Crippen LogP contribution in [0.1, 0.15) is 0 Å². The quantitative estimate of drug-likeness (QED) is 0.0491. The molecule has 0 atom stereocenters. The Balaban J connectivity index is 0.000000293. The molecular formula is C27H25N3O11S3. The van der Waals surface area contributed by atoms with Crippen molar-refractivity contribution >= 4 is 74.9 Å². The molecule has 0 fully saturated rings. The predicted molar refractivity (Wildman–Crippen MR) is 165 cm³/mol. The van der Waals surface area contributed by atoms with Gasteiger partial charge in [0.1, 0.15) is 15.5 Å². The van der Waals surface area contributed by atoms with Crippen LogP contribution in [0.15, 0.2) is 106 Å². The lowest BCUT2D eigenvalue weighted by Gasteiger charge is -2.15. The maximum absolute atomic E-state index is 12.4. The number of phenolic OH excluding ortho intramolecular Hbond substituents is 1. The van der Waals surface area contributed by atoms with Gasteiger partial charge in [-0.1, -0.05) is 61.7 Å². The Morgan fingerprint density at radius 1 is 0.818 bits per heavy atom. The topological polar surface area (TPSA) is 264 Å². The van der Waals surface area contributed by atoms with E-state index in [-0.39, 0.29) is 32.6 Å². The minimum absolute atomic E-state index is 0.0347. The van der Waals surface area contributed by atoms with E-state index in [9.17, 15) is 44.3 Å². The van der Waals surface area contributed by atoms with Crippen molar-refractivity contribution in [2.24, 2.45) is 0 Å². The number of nitrogens with two attached hydrogens (primary N) is 2. The molecule has 4 aromatic rings. The number of amides is 1. The van der Waals surface area contributed by atoms with Crippen LogP contribution in [0.5, 0.6) is 5.75 Å². The van der Waals surface area contributed by atoms with Crippen LogP contribution in [0.4, 0.5) is 17.1 Å². The van der Waals surface area contributed by atoms with Crippen molar-refractivity contribution in [1.29, 1.82) is 0 Å². The van der Waals surface area contributed by atoms with Gasteiger partial charge in [0, 0.05) is 16.3 Å². The van der Waals surface area contributed by atoms with E-state index in [0.29, 0.717) is 5.39 Å². The van der Waals surface area contributed by atoms with Crippen molar-refractivity contribution in [2.75, 3.05) is 16.8 Å². The van der Waals surface area contributed by atoms with Crippen LogP contribution in [0.3, 0.4) is 0 Å². The zero-order valence-corrected chi connectivity index (χ0v) is 24.8. The average molecular weight is 664 g/mol. The minimum atomic E-state index is -4.87. The van der Waals surface area contributed by atoms with E-state index >= 15 is 0 Å². The zero-order chi connectivity index (χ0) is 33.2. The number of phenols is 1. The van der Waals surface area contributed by atoms with Crippen LogP contribution in [0.25, 0.3) is 21.5 Å². The summed E-state index contributed by atoms with van der Waals surface area (Å²) in [5, 5.41) is 13.4. The van der Waals surface area contributed by atoms with Gasteiger partial charge in [-0.3, -0.25) is 18.5 Å². The van der Waals surface area contributed by atoms with Gasteiger partial charge in [-0.05, 0) is 35.0 Å². The van der Waals surface area contributed by atoms with Gasteiger partial charge < -0.3 is 21.9 Å². The number of benzene rings is 4. The molecule has 4 aromatic carbocycles. The van der Waals surface area contributed by atoms with Gasteiger partial charge in [-0.15, -0.1) is 0 Å². The van der Waals surface area contributed by atoms with Gasteiger partial charge in [-0.25, -0.2) is 0 Å². The molecule has 0 aromatic heterocycles. The Bertz CT molecular complexity index is 2210. The fourth-order valence-corrected chi connectivity index (χ4v) is 6.07. The first-order valence-electron chi connectivity index (χ1n) is 11.9. The lowest BCUT2D eigenvalue weighted by Crippen LogP contribution is -2.14. The van der Waals surface area contributed by atoms with Crippen molar-refractivity contribution in [1.82, 2.24) is 0 Å². The fourth-order valence-electron chi connectivity index (χ4n) is 4.05. The molecule has 0 aliphatic carbocycles. The van der Waals surface area contributed by atoms with Crippen LogP contribution < -0.4 is 16.8 Å². The Labute approximate surface area is 251 Å². The Morgan fingerprint density at radius 3 is 2.00 bits per heavy atom. The van der Waals surface area contributed by atoms with Crippen LogP contribution in [0.2, 0.25) is 0 Å². The highest BCUT2D eigenvalue weighted by Gasteiger charge is 2.24. The number of rotatable bonds is 7. The maximum Gasteiger partial charge on any atom is 0.297 e. The Morgan fingerprint density at radius 2 is 1.45 bits per heavy atom. The van der Waals surface area contributed by atoms with Crippen LogP contribution >= 0.6 is 0 Å². The largest absolute Gasteiger partial charge is 0.505 e. The lowest BCUT2D eigenvalue weighted by molar-refractivity contribution is -0.112. The number of carbonyl (C=O) groups is 1. The highest BCUT2D eigenvalue weighted by atomic mass is 32.2. The monoisotopic (exact) mass is 663 g/mol. The first-order chi connectivity index (χ1) is 20.3. The number of allylic oxidation sites excluding steroid dienone is 2. The van der Waals surface area contributed by atoms with E-state index in [4.69, 9.17) is 16.0 Å². The number of aromatic hydroxyl groups is 1. The predicted octanol–water partition coefficient (Wildman–Crippen LogP) is 3.53. The van der Waals surface area contributed by atoms with E-state index in [1.165, 1.54) is 24.3 Å². The van der Waals surface area contributed by atoms with E-state index in [1.54, 1.807) is 30.3 Å². The molecule has 44 heavy (non-hydrogen) atoms. The summed E-state index contributed by atoms with van der Waals surface area (Å²) in [6.07, 6.45) is 3.80. The summed E-state index contributed by atoms with van der Waals surface area (Å²) in [6, 6.07) is 12.5. The molecule has 1 amide bonds. The van der Waals surface area contributed by atoms with Crippen molar-refractivity contribution in [3.8, 4) is 5.75 Å². The number of nitrogen functional groups attached to an aromatic ring is 2. The van der Waals surface area contributed by atoms with Crippen molar-refractivity contribution in [2.45, 2.75) is 14.7 Å². The molecule has 0 aliphatic heterocycles. The smallest absolute Gasteiger partial charge is 0.297 e.